The van der Waals surface area contributed by atoms with Gasteiger partial charge in [0.1, 0.15) is 0 Å². The number of nitrogens with zero attached hydrogens (tertiary/aromatic N) is 3. The molecule has 0 atom stereocenters. The van der Waals surface area contributed by atoms with Crippen LogP contribution in [0.1, 0.15) is 25.2 Å². The molecule has 2 rings (SSSR count). The van der Waals surface area contributed by atoms with Crippen LogP contribution in [0.4, 0.5) is 0 Å². The van der Waals surface area contributed by atoms with Crippen molar-refractivity contribution in [3.05, 3.63) is 29.6 Å². The molecule has 0 aliphatic carbocycles. The largest absolute Gasteiger partial charge is 0.351 e. The van der Waals surface area contributed by atoms with Crippen LogP contribution >= 0.6 is 24.0 Å². The fourth-order valence-corrected chi connectivity index (χ4v) is 3.89. The van der Waals surface area contributed by atoms with E-state index in [9.17, 15) is 8.42 Å². The maximum absolute atomic E-state index is 12.1. The van der Waals surface area contributed by atoms with Gasteiger partial charge in [-0.1, -0.05) is 6.07 Å². The van der Waals surface area contributed by atoms with Crippen LogP contribution < -0.4 is 5.32 Å². The van der Waals surface area contributed by atoms with Gasteiger partial charge in [-0.15, -0.1) is 24.0 Å². The second-order valence-electron chi connectivity index (χ2n) is 6.17. The molecule has 0 saturated carbocycles. The zero-order valence-electron chi connectivity index (χ0n) is 14.0. The smallest absolute Gasteiger partial charge is 0.194 e. The van der Waals surface area contributed by atoms with E-state index in [1.807, 2.05) is 30.0 Å². The van der Waals surface area contributed by atoms with Gasteiger partial charge in [-0.3, -0.25) is 9.98 Å². The van der Waals surface area contributed by atoms with E-state index < -0.39 is 14.6 Å². The summed E-state index contributed by atoms with van der Waals surface area (Å²) in [6, 6.07) is 5.88. The third kappa shape index (κ3) is 4.79. The van der Waals surface area contributed by atoms with Crippen LogP contribution in [0.2, 0.25) is 0 Å². The first kappa shape index (κ1) is 20.1. The summed E-state index contributed by atoms with van der Waals surface area (Å²) in [5.41, 5.74) is 1.91. The van der Waals surface area contributed by atoms with E-state index in [4.69, 9.17) is 0 Å². The zero-order valence-corrected chi connectivity index (χ0v) is 17.2. The van der Waals surface area contributed by atoms with Gasteiger partial charge in [-0.05, 0) is 32.9 Å². The predicted molar refractivity (Wildman–Crippen MR) is 104 cm³/mol. The van der Waals surface area contributed by atoms with Crippen molar-refractivity contribution in [2.45, 2.75) is 32.1 Å². The first-order chi connectivity index (χ1) is 10.2. The average Bonchev–Trinajstić information content (AvgIpc) is 2.43. The van der Waals surface area contributed by atoms with Gasteiger partial charge in [0.25, 0.3) is 0 Å². The van der Waals surface area contributed by atoms with Crippen molar-refractivity contribution >= 4 is 39.8 Å². The molecule has 1 saturated heterocycles. The van der Waals surface area contributed by atoms with E-state index in [0.717, 1.165) is 11.4 Å². The Kier molecular flexibility index (Phi) is 6.81. The standard InChI is InChI=1S/C15H24N4O2S.HI/c1-12-6-5-7-13(18-12)10-17-14(16-4)19-8-9-22(20,21)15(2,3)11-19;/h5-7H,8-11H2,1-4H3,(H,16,17);1H. The molecule has 8 heteroatoms. The highest BCUT2D eigenvalue weighted by Gasteiger charge is 2.40. The van der Waals surface area contributed by atoms with E-state index in [-0.39, 0.29) is 29.7 Å². The normalized spacial score (nSPS) is 19.8. The van der Waals surface area contributed by atoms with Crippen molar-refractivity contribution in [3.63, 3.8) is 0 Å². The first-order valence-corrected chi connectivity index (χ1v) is 9.01. The summed E-state index contributed by atoms with van der Waals surface area (Å²) in [4.78, 5) is 10.7. The Morgan fingerprint density at radius 3 is 2.70 bits per heavy atom. The van der Waals surface area contributed by atoms with Crippen LogP contribution in [0.25, 0.3) is 0 Å². The number of aromatic nitrogens is 1. The molecule has 0 radical (unpaired) electrons. The maximum atomic E-state index is 12.1. The van der Waals surface area contributed by atoms with Crippen LogP contribution in [0, 0.1) is 6.92 Å². The minimum atomic E-state index is -3.05. The topological polar surface area (TPSA) is 74.7 Å². The van der Waals surface area contributed by atoms with Gasteiger partial charge in [0.05, 0.1) is 22.7 Å². The third-order valence-corrected chi connectivity index (χ3v) is 6.46. The monoisotopic (exact) mass is 452 g/mol. The molecule has 6 nitrogen and oxygen atoms in total. The number of guanidine groups is 1. The quantitative estimate of drug-likeness (QED) is 0.419. The number of sulfone groups is 1. The number of nitrogens with one attached hydrogen (secondary N) is 1. The van der Waals surface area contributed by atoms with E-state index in [0.29, 0.717) is 25.6 Å². The molecule has 130 valence electrons. The second-order valence-corrected chi connectivity index (χ2v) is 8.91. The fraction of sp³-hybridized carbons (Fsp3) is 0.600. The summed E-state index contributed by atoms with van der Waals surface area (Å²) in [7, 11) is -1.33. The third-order valence-electron chi connectivity index (χ3n) is 3.93. The molecule has 0 unspecified atom stereocenters. The molecule has 0 spiro atoms. The van der Waals surface area contributed by atoms with Crippen molar-refractivity contribution in [1.82, 2.24) is 15.2 Å². The lowest BCUT2D eigenvalue weighted by Crippen LogP contribution is -2.57. The lowest BCUT2D eigenvalue weighted by atomic mass is 10.2. The lowest BCUT2D eigenvalue weighted by Gasteiger charge is -2.39. The highest BCUT2D eigenvalue weighted by molar-refractivity contribution is 14.0. The Hall–Kier alpha value is -0.900. The van der Waals surface area contributed by atoms with Crippen molar-refractivity contribution < 1.29 is 8.42 Å². The van der Waals surface area contributed by atoms with E-state index in [2.05, 4.69) is 15.3 Å². The fourth-order valence-electron chi connectivity index (χ4n) is 2.52. The number of hydrogen-bond donors (Lipinski definition) is 1. The highest BCUT2D eigenvalue weighted by Crippen LogP contribution is 2.23. The number of rotatable bonds is 2. The zero-order chi connectivity index (χ0) is 16.4. The highest BCUT2D eigenvalue weighted by atomic mass is 127. The number of pyridine rings is 1. The first-order valence-electron chi connectivity index (χ1n) is 7.35. The van der Waals surface area contributed by atoms with Crippen LogP contribution in [0.3, 0.4) is 0 Å². The van der Waals surface area contributed by atoms with Gasteiger partial charge in [0.15, 0.2) is 15.8 Å². The molecule has 1 aromatic heterocycles. The Morgan fingerprint density at radius 1 is 1.43 bits per heavy atom. The van der Waals surface area contributed by atoms with E-state index in [1.54, 1.807) is 20.9 Å². The molecule has 1 aliphatic rings. The Bertz CT molecular complexity index is 674. The summed E-state index contributed by atoms with van der Waals surface area (Å²) in [6.45, 7) is 6.96. The molecular formula is C15H25IN4O2S. The molecule has 0 bridgehead atoms. The Morgan fingerprint density at radius 2 is 2.13 bits per heavy atom. The van der Waals surface area contributed by atoms with Crippen LogP contribution in [0.15, 0.2) is 23.2 Å². The molecule has 1 aliphatic heterocycles. The van der Waals surface area contributed by atoms with E-state index in [1.165, 1.54) is 0 Å². The molecule has 1 fully saturated rings. The number of halogens is 1. The average molecular weight is 452 g/mol. The summed E-state index contributed by atoms with van der Waals surface area (Å²) < 4.78 is 23.4. The van der Waals surface area contributed by atoms with Gasteiger partial charge in [0, 0.05) is 25.8 Å². The van der Waals surface area contributed by atoms with Crippen LogP contribution in [-0.2, 0) is 16.4 Å². The van der Waals surface area contributed by atoms with Crippen molar-refractivity contribution in [2.24, 2.45) is 4.99 Å². The number of aryl methyl sites for hydroxylation is 1. The van der Waals surface area contributed by atoms with Gasteiger partial charge in [0.2, 0.25) is 0 Å². The van der Waals surface area contributed by atoms with Gasteiger partial charge in [-0.2, -0.15) is 0 Å². The van der Waals surface area contributed by atoms with Crippen LogP contribution in [0.5, 0.6) is 0 Å². The SMILES string of the molecule is CN=C(NCc1cccc(C)n1)N1CCS(=O)(=O)C(C)(C)C1.I. The predicted octanol–water partition coefficient (Wildman–Crippen LogP) is 1.59. The minimum absolute atomic E-state index is 0. The molecule has 0 aromatic carbocycles. The summed E-state index contributed by atoms with van der Waals surface area (Å²) in [5, 5.41) is 3.27. The van der Waals surface area contributed by atoms with Crippen molar-refractivity contribution in [3.8, 4) is 0 Å². The van der Waals surface area contributed by atoms with Crippen molar-refractivity contribution in [1.29, 1.82) is 0 Å². The summed E-state index contributed by atoms with van der Waals surface area (Å²) in [6.07, 6.45) is 0. The molecular weight excluding hydrogens is 427 g/mol. The van der Waals surface area contributed by atoms with Gasteiger partial charge in [-0.25, -0.2) is 8.42 Å². The molecule has 2 heterocycles. The maximum Gasteiger partial charge on any atom is 0.194 e. The van der Waals surface area contributed by atoms with Gasteiger partial charge >= 0.3 is 0 Å². The Labute approximate surface area is 155 Å². The lowest BCUT2D eigenvalue weighted by molar-refractivity contribution is 0.353. The molecule has 1 aromatic rings. The van der Waals surface area contributed by atoms with Gasteiger partial charge < -0.3 is 10.2 Å². The summed E-state index contributed by atoms with van der Waals surface area (Å²) in [5.74, 6) is 0.870. The number of aliphatic imine (C=N–C) groups is 1. The molecule has 1 N–H and O–H groups in total. The number of hydrogen-bond acceptors (Lipinski definition) is 4. The van der Waals surface area contributed by atoms with E-state index >= 15 is 0 Å². The van der Waals surface area contributed by atoms with Crippen LogP contribution in [-0.4, -0.2) is 54.9 Å². The Balaban J connectivity index is 0.00000264. The molecule has 23 heavy (non-hydrogen) atoms. The molecule has 0 amide bonds. The minimum Gasteiger partial charge on any atom is -0.351 e. The van der Waals surface area contributed by atoms with Crippen molar-refractivity contribution in [2.75, 3.05) is 25.9 Å². The second kappa shape index (κ2) is 7.78. The summed E-state index contributed by atoms with van der Waals surface area (Å²) >= 11 is 0.